The van der Waals surface area contributed by atoms with Gasteiger partial charge in [0.1, 0.15) is 0 Å². The van der Waals surface area contributed by atoms with Crippen LogP contribution in [0.15, 0.2) is 47.4 Å². The average molecular weight is 324 g/mol. The van der Waals surface area contributed by atoms with Crippen LogP contribution in [0.5, 0.6) is 0 Å². The molecule has 112 valence electrons. The van der Waals surface area contributed by atoms with Crippen LogP contribution in [0.3, 0.4) is 0 Å². The SMILES string of the molecule is Cc1ccc(C)c(C(C)NS(=O)(=O)c2ccc(Cl)cc2)c1. The normalized spacial score (nSPS) is 13.1. The van der Waals surface area contributed by atoms with Gasteiger partial charge in [-0.1, -0.05) is 35.4 Å². The third-order valence-electron chi connectivity index (χ3n) is 3.36. The summed E-state index contributed by atoms with van der Waals surface area (Å²) in [6.07, 6.45) is 0. The Balaban J connectivity index is 2.27. The fraction of sp³-hybridized carbons (Fsp3) is 0.250. The number of nitrogens with one attached hydrogen (secondary N) is 1. The quantitative estimate of drug-likeness (QED) is 0.924. The highest BCUT2D eigenvalue weighted by atomic mass is 35.5. The van der Waals surface area contributed by atoms with Crippen LogP contribution in [0.4, 0.5) is 0 Å². The van der Waals surface area contributed by atoms with Gasteiger partial charge in [0.05, 0.1) is 4.90 Å². The Morgan fingerprint density at radius 1 is 1.05 bits per heavy atom. The molecule has 2 aromatic carbocycles. The van der Waals surface area contributed by atoms with Gasteiger partial charge in [-0.15, -0.1) is 0 Å². The van der Waals surface area contributed by atoms with Crippen molar-refractivity contribution in [3.8, 4) is 0 Å². The van der Waals surface area contributed by atoms with Crippen LogP contribution in [0.25, 0.3) is 0 Å². The van der Waals surface area contributed by atoms with Crippen LogP contribution >= 0.6 is 11.6 Å². The highest BCUT2D eigenvalue weighted by Gasteiger charge is 2.19. The van der Waals surface area contributed by atoms with E-state index >= 15 is 0 Å². The number of halogens is 1. The molecular weight excluding hydrogens is 306 g/mol. The van der Waals surface area contributed by atoms with Gasteiger partial charge in [-0.25, -0.2) is 13.1 Å². The first-order valence-corrected chi connectivity index (χ1v) is 8.51. The Bertz CT molecular complexity index is 739. The summed E-state index contributed by atoms with van der Waals surface area (Å²) in [5.41, 5.74) is 3.15. The Hall–Kier alpha value is -1.36. The van der Waals surface area contributed by atoms with Crippen molar-refractivity contribution in [3.63, 3.8) is 0 Å². The van der Waals surface area contributed by atoms with E-state index in [1.807, 2.05) is 39.0 Å². The topological polar surface area (TPSA) is 46.2 Å². The van der Waals surface area contributed by atoms with Gasteiger partial charge in [0.15, 0.2) is 0 Å². The molecule has 2 aromatic rings. The van der Waals surface area contributed by atoms with E-state index in [1.165, 1.54) is 12.1 Å². The summed E-state index contributed by atoms with van der Waals surface area (Å²) in [4.78, 5) is 0.212. The van der Waals surface area contributed by atoms with E-state index in [0.717, 1.165) is 16.7 Å². The number of sulfonamides is 1. The fourth-order valence-corrected chi connectivity index (χ4v) is 3.55. The zero-order chi connectivity index (χ0) is 15.6. The van der Waals surface area contributed by atoms with Gasteiger partial charge >= 0.3 is 0 Å². The number of aryl methyl sites for hydroxylation is 2. The lowest BCUT2D eigenvalue weighted by atomic mass is 10.0. The summed E-state index contributed by atoms with van der Waals surface area (Å²) in [6, 6.07) is 11.9. The maximum Gasteiger partial charge on any atom is 0.241 e. The molecule has 1 N–H and O–H groups in total. The lowest BCUT2D eigenvalue weighted by Gasteiger charge is -2.17. The smallest absolute Gasteiger partial charge is 0.207 e. The van der Waals surface area contributed by atoms with Crippen molar-refractivity contribution in [2.24, 2.45) is 0 Å². The molecule has 0 aliphatic heterocycles. The van der Waals surface area contributed by atoms with E-state index in [9.17, 15) is 8.42 Å². The molecule has 0 aromatic heterocycles. The van der Waals surface area contributed by atoms with Gasteiger partial charge in [-0.3, -0.25) is 0 Å². The Morgan fingerprint density at radius 3 is 2.29 bits per heavy atom. The molecule has 21 heavy (non-hydrogen) atoms. The van der Waals surface area contributed by atoms with Gasteiger partial charge in [0.25, 0.3) is 0 Å². The third-order valence-corrected chi connectivity index (χ3v) is 5.17. The summed E-state index contributed by atoms with van der Waals surface area (Å²) in [5, 5.41) is 0.511. The molecule has 3 nitrogen and oxygen atoms in total. The molecule has 0 bridgehead atoms. The first kappa shape index (κ1) is 16.0. The first-order valence-electron chi connectivity index (χ1n) is 6.64. The van der Waals surface area contributed by atoms with Gasteiger partial charge in [-0.05, 0) is 56.2 Å². The standard InChI is InChI=1S/C16H18ClNO2S/c1-11-4-5-12(2)16(10-11)13(3)18-21(19,20)15-8-6-14(17)7-9-15/h4-10,13,18H,1-3H3. The fourth-order valence-electron chi connectivity index (χ4n) is 2.20. The predicted octanol–water partition coefficient (Wildman–Crippen LogP) is 4.00. The van der Waals surface area contributed by atoms with E-state index < -0.39 is 10.0 Å². The van der Waals surface area contributed by atoms with Crippen LogP contribution in [-0.4, -0.2) is 8.42 Å². The van der Waals surface area contributed by atoms with E-state index in [1.54, 1.807) is 12.1 Å². The zero-order valence-corrected chi connectivity index (χ0v) is 13.8. The second kappa shape index (κ2) is 6.18. The second-order valence-corrected chi connectivity index (χ2v) is 7.31. The van der Waals surface area contributed by atoms with Gasteiger partial charge < -0.3 is 0 Å². The molecule has 0 aliphatic rings. The van der Waals surface area contributed by atoms with E-state index in [4.69, 9.17) is 11.6 Å². The summed E-state index contributed by atoms with van der Waals surface area (Å²) < 4.78 is 27.4. The third kappa shape index (κ3) is 3.84. The largest absolute Gasteiger partial charge is 0.241 e. The van der Waals surface area contributed by atoms with Gasteiger partial charge in [0, 0.05) is 11.1 Å². The minimum atomic E-state index is -3.56. The molecule has 5 heteroatoms. The zero-order valence-electron chi connectivity index (χ0n) is 12.2. The molecule has 1 atom stereocenters. The number of hydrogen-bond acceptors (Lipinski definition) is 2. The molecule has 0 amide bonds. The van der Waals surface area contributed by atoms with Crippen molar-refractivity contribution in [1.82, 2.24) is 4.72 Å². The number of rotatable bonds is 4. The van der Waals surface area contributed by atoms with E-state index in [-0.39, 0.29) is 10.9 Å². The van der Waals surface area contributed by atoms with E-state index in [2.05, 4.69) is 4.72 Å². The number of benzene rings is 2. The maximum absolute atomic E-state index is 12.4. The molecule has 0 heterocycles. The van der Waals surface area contributed by atoms with Crippen molar-refractivity contribution in [2.75, 3.05) is 0 Å². The molecule has 1 unspecified atom stereocenters. The first-order chi connectivity index (χ1) is 9.79. The lowest BCUT2D eigenvalue weighted by molar-refractivity contribution is 0.566. The molecule has 0 fully saturated rings. The second-order valence-electron chi connectivity index (χ2n) is 5.16. The van der Waals surface area contributed by atoms with Crippen LogP contribution < -0.4 is 4.72 Å². The molecule has 0 saturated heterocycles. The van der Waals surface area contributed by atoms with Gasteiger partial charge in [0.2, 0.25) is 10.0 Å². The van der Waals surface area contributed by atoms with Gasteiger partial charge in [-0.2, -0.15) is 0 Å². The van der Waals surface area contributed by atoms with Crippen LogP contribution in [0.1, 0.15) is 29.7 Å². The van der Waals surface area contributed by atoms with Crippen LogP contribution in [-0.2, 0) is 10.0 Å². The van der Waals surface area contributed by atoms with Crippen LogP contribution in [0, 0.1) is 13.8 Å². The van der Waals surface area contributed by atoms with E-state index in [0.29, 0.717) is 5.02 Å². The molecule has 0 spiro atoms. The average Bonchev–Trinajstić information content (AvgIpc) is 2.41. The molecule has 2 rings (SSSR count). The van der Waals surface area contributed by atoms with Crippen molar-refractivity contribution in [2.45, 2.75) is 31.7 Å². The lowest BCUT2D eigenvalue weighted by Crippen LogP contribution is -2.27. The Morgan fingerprint density at radius 2 is 1.67 bits per heavy atom. The monoisotopic (exact) mass is 323 g/mol. The Labute approximate surface area is 131 Å². The van der Waals surface area contributed by atoms with Crippen molar-refractivity contribution < 1.29 is 8.42 Å². The minimum Gasteiger partial charge on any atom is -0.207 e. The highest BCUT2D eigenvalue weighted by Crippen LogP contribution is 2.22. The summed E-state index contributed by atoms with van der Waals surface area (Å²) in [6.45, 7) is 5.81. The van der Waals surface area contributed by atoms with Crippen LogP contribution in [0.2, 0.25) is 5.02 Å². The summed E-state index contributed by atoms with van der Waals surface area (Å²) in [5.74, 6) is 0. The molecule has 0 saturated carbocycles. The van der Waals surface area contributed by atoms with Crippen molar-refractivity contribution >= 4 is 21.6 Å². The van der Waals surface area contributed by atoms with Crippen molar-refractivity contribution in [3.05, 3.63) is 64.2 Å². The molecular formula is C16H18ClNO2S. The number of hydrogen-bond donors (Lipinski definition) is 1. The predicted molar refractivity (Wildman–Crippen MR) is 86.1 cm³/mol. The molecule has 0 aliphatic carbocycles. The van der Waals surface area contributed by atoms with Crippen molar-refractivity contribution in [1.29, 1.82) is 0 Å². The summed E-state index contributed by atoms with van der Waals surface area (Å²) >= 11 is 5.79. The summed E-state index contributed by atoms with van der Waals surface area (Å²) in [7, 11) is -3.56. The highest BCUT2D eigenvalue weighted by molar-refractivity contribution is 7.89. The maximum atomic E-state index is 12.4. The Kier molecular flexibility index (Phi) is 4.71. The minimum absolute atomic E-state index is 0.212. The molecule has 0 radical (unpaired) electrons.